The number of rotatable bonds is 7. The minimum absolute atomic E-state index is 0.106. The first kappa shape index (κ1) is 16.2. The molecule has 1 atom stereocenters. The highest BCUT2D eigenvalue weighted by molar-refractivity contribution is 7.89. The average molecular weight is 338 g/mol. The van der Waals surface area contributed by atoms with E-state index in [1.807, 2.05) is 22.9 Å². The van der Waals surface area contributed by atoms with Gasteiger partial charge in [-0.25, -0.2) is 13.1 Å². The van der Waals surface area contributed by atoms with Crippen LogP contribution in [0, 0.1) is 0 Å². The lowest BCUT2D eigenvalue weighted by Gasteiger charge is -2.33. The molecule has 0 unspecified atom stereocenters. The van der Waals surface area contributed by atoms with E-state index in [1.54, 1.807) is 19.4 Å². The van der Waals surface area contributed by atoms with Gasteiger partial charge in [0.05, 0.1) is 30.3 Å². The van der Waals surface area contributed by atoms with Crippen LogP contribution in [0.3, 0.4) is 0 Å². The highest BCUT2D eigenvalue weighted by atomic mass is 32.2. The Kier molecular flexibility index (Phi) is 4.84. The summed E-state index contributed by atoms with van der Waals surface area (Å²) < 4.78 is 33.2. The van der Waals surface area contributed by atoms with Gasteiger partial charge in [-0.3, -0.25) is 9.58 Å². The Morgan fingerprint density at radius 1 is 1.43 bits per heavy atom. The molecule has 0 bridgehead atoms. The topological polar surface area (TPSA) is 80.4 Å². The predicted molar refractivity (Wildman–Crippen MR) is 86.2 cm³/mol. The molecule has 0 saturated heterocycles. The third-order valence-corrected chi connectivity index (χ3v) is 5.50. The number of fused-ring (bicyclic) bond motifs is 1. The Bertz CT molecular complexity index is 724. The maximum atomic E-state index is 11.6. The average Bonchev–Trinajstić information content (AvgIpc) is 3.18. The molecule has 1 aliphatic rings. The van der Waals surface area contributed by atoms with Gasteiger partial charge in [-0.15, -0.1) is 0 Å². The zero-order chi connectivity index (χ0) is 16.3. The molecule has 0 spiro atoms. The van der Waals surface area contributed by atoms with Crippen molar-refractivity contribution in [3.05, 3.63) is 42.1 Å². The van der Waals surface area contributed by atoms with E-state index in [9.17, 15) is 8.42 Å². The smallest absolute Gasteiger partial charge is 0.211 e. The zero-order valence-electron chi connectivity index (χ0n) is 13.2. The summed E-state index contributed by atoms with van der Waals surface area (Å²) in [6, 6.07) is 6.03. The van der Waals surface area contributed by atoms with Gasteiger partial charge in [0.2, 0.25) is 10.0 Å². The van der Waals surface area contributed by atoms with Gasteiger partial charge in [-0.05, 0) is 31.5 Å². The van der Waals surface area contributed by atoms with E-state index in [2.05, 4.69) is 14.7 Å². The van der Waals surface area contributed by atoms with Crippen LogP contribution in [0.5, 0.6) is 0 Å². The number of hydrogen-bond acceptors (Lipinski definition) is 5. The van der Waals surface area contributed by atoms with Crippen molar-refractivity contribution in [2.45, 2.75) is 32.5 Å². The summed E-state index contributed by atoms with van der Waals surface area (Å²) in [4.78, 5) is 2.30. The van der Waals surface area contributed by atoms with E-state index in [-0.39, 0.29) is 11.8 Å². The summed E-state index contributed by atoms with van der Waals surface area (Å²) in [5.41, 5.74) is 1.14. The second kappa shape index (κ2) is 6.86. The van der Waals surface area contributed by atoms with Crippen LogP contribution >= 0.6 is 0 Å². The molecule has 0 radical (unpaired) electrons. The van der Waals surface area contributed by atoms with Crippen molar-refractivity contribution in [3.8, 4) is 0 Å². The number of nitrogens with one attached hydrogen (secondary N) is 1. The number of nitrogens with zero attached hydrogens (tertiary/aromatic N) is 3. The minimum Gasteiger partial charge on any atom is -0.468 e. The number of furan rings is 1. The van der Waals surface area contributed by atoms with Gasteiger partial charge in [-0.2, -0.15) is 5.10 Å². The molecule has 8 heteroatoms. The fraction of sp³-hybridized carbons (Fsp3) is 0.533. The Morgan fingerprint density at radius 2 is 2.30 bits per heavy atom. The predicted octanol–water partition coefficient (Wildman–Crippen LogP) is 1.36. The normalized spacial score (nSPS) is 18.9. The van der Waals surface area contributed by atoms with Crippen molar-refractivity contribution in [2.24, 2.45) is 0 Å². The standard InChI is InChI=1S/C15H22N4O3S/c1-2-23(20,21)17-8-6-14-11-18(12-15-4-3-9-22-15)10-13-5-7-16-19(13)14/h3-5,7,9,14,17H,2,6,8,10-12H2,1H3/t14-/m1/s1. The molecule has 2 aromatic rings. The maximum absolute atomic E-state index is 11.6. The molecule has 0 aromatic carbocycles. The largest absolute Gasteiger partial charge is 0.468 e. The molecular formula is C15H22N4O3S. The van der Waals surface area contributed by atoms with E-state index in [4.69, 9.17) is 4.42 Å². The molecule has 0 saturated carbocycles. The number of sulfonamides is 1. The Balaban J connectivity index is 1.64. The lowest BCUT2D eigenvalue weighted by Crippen LogP contribution is -2.39. The second-order valence-corrected chi connectivity index (χ2v) is 7.85. The van der Waals surface area contributed by atoms with Crippen molar-refractivity contribution in [2.75, 3.05) is 18.8 Å². The summed E-state index contributed by atoms with van der Waals surface area (Å²) in [7, 11) is -3.15. The second-order valence-electron chi connectivity index (χ2n) is 5.76. The third-order valence-electron chi connectivity index (χ3n) is 4.09. The number of hydrogen-bond donors (Lipinski definition) is 1. The third kappa shape index (κ3) is 4.01. The van der Waals surface area contributed by atoms with E-state index >= 15 is 0 Å². The van der Waals surface area contributed by atoms with Gasteiger partial charge in [0.1, 0.15) is 5.76 Å². The summed E-state index contributed by atoms with van der Waals surface area (Å²) in [5, 5.41) is 4.39. The van der Waals surface area contributed by atoms with E-state index in [0.29, 0.717) is 13.0 Å². The van der Waals surface area contributed by atoms with Gasteiger partial charge in [-0.1, -0.05) is 0 Å². The van der Waals surface area contributed by atoms with Crippen molar-refractivity contribution >= 4 is 10.0 Å². The molecule has 3 rings (SSSR count). The van der Waals surface area contributed by atoms with Gasteiger partial charge in [0.25, 0.3) is 0 Å². The first-order valence-electron chi connectivity index (χ1n) is 7.82. The van der Waals surface area contributed by atoms with Gasteiger partial charge in [0, 0.05) is 25.8 Å². The highest BCUT2D eigenvalue weighted by Crippen LogP contribution is 2.24. The summed E-state index contributed by atoms with van der Waals surface area (Å²) >= 11 is 0. The maximum Gasteiger partial charge on any atom is 0.211 e. The van der Waals surface area contributed by atoms with Crippen LogP contribution in [-0.2, 0) is 23.1 Å². The molecule has 1 aliphatic heterocycles. The Morgan fingerprint density at radius 3 is 3.04 bits per heavy atom. The van der Waals surface area contributed by atoms with Gasteiger partial charge >= 0.3 is 0 Å². The van der Waals surface area contributed by atoms with Crippen molar-refractivity contribution in [1.82, 2.24) is 19.4 Å². The lowest BCUT2D eigenvalue weighted by molar-refractivity contribution is 0.152. The van der Waals surface area contributed by atoms with E-state index in [0.717, 1.165) is 31.1 Å². The molecule has 1 N–H and O–H groups in total. The SMILES string of the molecule is CCS(=O)(=O)NCC[C@@H]1CN(Cc2ccco2)Cc2ccnn21. The fourth-order valence-electron chi connectivity index (χ4n) is 2.90. The van der Waals surface area contributed by atoms with Crippen LogP contribution in [0.15, 0.2) is 35.1 Å². The van der Waals surface area contributed by atoms with Crippen LogP contribution in [-0.4, -0.2) is 41.9 Å². The zero-order valence-corrected chi connectivity index (χ0v) is 14.0. The molecule has 126 valence electrons. The first-order chi connectivity index (χ1) is 11.1. The molecule has 2 aromatic heterocycles. The van der Waals surface area contributed by atoms with Crippen LogP contribution in [0.2, 0.25) is 0 Å². The lowest BCUT2D eigenvalue weighted by atomic mass is 10.1. The Hall–Kier alpha value is -1.64. The first-order valence-corrected chi connectivity index (χ1v) is 9.47. The molecule has 0 fully saturated rings. The van der Waals surface area contributed by atoms with E-state index in [1.165, 1.54) is 0 Å². The van der Waals surface area contributed by atoms with Crippen molar-refractivity contribution < 1.29 is 12.8 Å². The molecule has 7 nitrogen and oxygen atoms in total. The van der Waals surface area contributed by atoms with Crippen LogP contribution in [0.1, 0.15) is 30.8 Å². The van der Waals surface area contributed by atoms with Crippen LogP contribution in [0.25, 0.3) is 0 Å². The Labute approximate surface area is 136 Å². The van der Waals surface area contributed by atoms with Crippen molar-refractivity contribution in [1.29, 1.82) is 0 Å². The molecule has 3 heterocycles. The van der Waals surface area contributed by atoms with E-state index < -0.39 is 10.0 Å². The van der Waals surface area contributed by atoms with Crippen LogP contribution in [0.4, 0.5) is 0 Å². The number of aromatic nitrogens is 2. The minimum atomic E-state index is -3.15. The molecular weight excluding hydrogens is 316 g/mol. The monoisotopic (exact) mass is 338 g/mol. The van der Waals surface area contributed by atoms with Crippen LogP contribution < -0.4 is 4.72 Å². The molecule has 23 heavy (non-hydrogen) atoms. The van der Waals surface area contributed by atoms with Gasteiger partial charge < -0.3 is 4.42 Å². The molecule has 0 aliphatic carbocycles. The summed E-state index contributed by atoms with van der Waals surface area (Å²) in [6.07, 6.45) is 4.19. The summed E-state index contributed by atoms with van der Waals surface area (Å²) in [5.74, 6) is 1.04. The van der Waals surface area contributed by atoms with Crippen molar-refractivity contribution in [3.63, 3.8) is 0 Å². The highest BCUT2D eigenvalue weighted by Gasteiger charge is 2.26. The van der Waals surface area contributed by atoms with Gasteiger partial charge in [0.15, 0.2) is 0 Å². The quantitative estimate of drug-likeness (QED) is 0.824. The summed E-state index contributed by atoms with van der Waals surface area (Å²) in [6.45, 7) is 4.45. The fourth-order valence-corrected chi connectivity index (χ4v) is 3.54. The molecule has 0 amide bonds.